The van der Waals surface area contributed by atoms with Crippen molar-refractivity contribution >= 4 is 11.8 Å². The molecule has 0 radical (unpaired) electrons. The molecular weight excluding hydrogens is 234 g/mol. The summed E-state index contributed by atoms with van der Waals surface area (Å²) in [5, 5.41) is 23.2. The van der Waals surface area contributed by atoms with E-state index in [4.69, 9.17) is 0 Å². The van der Waals surface area contributed by atoms with Crippen LogP contribution in [0.15, 0.2) is 18.2 Å². The molecule has 1 heterocycles. The molecule has 2 rings (SSSR count). The summed E-state index contributed by atoms with van der Waals surface area (Å²) < 4.78 is 0. The first-order valence-electron chi connectivity index (χ1n) is 5.89. The maximum Gasteiger partial charge on any atom is 0.122 e. The van der Waals surface area contributed by atoms with Crippen molar-refractivity contribution in [2.24, 2.45) is 0 Å². The fraction of sp³-hybridized carbons (Fsp3) is 0.538. The number of nitrogens with one attached hydrogen (secondary N) is 1. The molecule has 1 saturated heterocycles. The average molecular weight is 253 g/mol. The van der Waals surface area contributed by atoms with Crippen LogP contribution in [-0.2, 0) is 6.54 Å². The molecule has 94 valence electrons. The molecule has 0 bridgehead atoms. The Morgan fingerprint density at radius 2 is 2.29 bits per heavy atom. The molecule has 0 amide bonds. The van der Waals surface area contributed by atoms with Gasteiger partial charge in [-0.25, -0.2) is 0 Å². The van der Waals surface area contributed by atoms with Gasteiger partial charge in [-0.15, -0.1) is 0 Å². The maximum absolute atomic E-state index is 10.1. The summed E-state index contributed by atoms with van der Waals surface area (Å²) in [6.45, 7) is 3.08. The smallest absolute Gasteiger partial charge is 0.122 e. The minimum absolute atomic E-state index is 0.354. The third-order valence-electron chi connectivity index (χ3n) is 3.17. The molecule has 1 atom stereocenters. The first-order valence-corrected chi connectivity index (χ1v) is 7.04. The number of aryl methyl sites for hydroxylation is 1. The highest BCUT2D eigenvalue weighted by atomic mass is 32.2. The average Bonchev–Trinajstić information content (AvgIpc) is 2.72. The van der Waals surface area contributed by atoms with Gasteiger partial charge in [0, 0.05) is 24.4 Å². The Bertz CT molecular complexity index is 389. The zero-order chi connectivity index (χ0) is 12.3. The highest BCUT2D eigenvalue weighted by Gasteiger charge is 2.30. The van der Waals surface area contributed by atoms with E-state index in [1.54, 1.807) is 11.8 Å². The summed E-state index contributed by atoms with van der Waals surface area (Å²) in [6, 6.07) is 5.73. The fourth-order valence-electron chi connectivity index (χ4n) is 2.03. The van der Waals surface area contributed by atoms with Crippen molar-refractivity contribution < 1.29 is 10.2 Å². The molecule has 0 spiro atoms. The largest absolute Gasteiger partial charge is 0.507 e. The van der Waals surface area contributed by atoms with Crippen LogP contribution in [0.25, 0.3) is 0 Å². The van der Waals surface area contributed by atoms with Gasteiger partial charge >= 0.3 is 0 Å². The first-order chi connectivity index (χ1) is 8.11. The van der Waals surface area contributed by atoms with E-state index >= 15 is 0 Å². The molecule has 1 unspecified atom stereocenters. The van der Waals surface area contributed by atoms with Crippen LogP contribution in [0.4, 0.5) is 0 Å². The second kappa shape index (κ2) is 5.29. The zero-order valence-corrected chi connectivity index (χ0v) is 10.9. The van der Waals surface area contributed by atoms with Crippen molar-refractivity contribution in [1.29, 1.82) is 0 Å². The van der Waals surface area contributed by atoms with Crippen LogP contribution in [-0.4, -0.2) is 33.9 Å². The van der Waals surface area contributed by atoms with Crippen LogP contribution in [0.5, 0.6) is 5.75 Å². The molecule has 1 aromatic rings. The summed E-state index contributed by atoms with van der Waals surface area (Å²) in [4.78, 5) is 0. The molecule has 1 aliphatic rings. The van der Waals surface area contributed by atoms with Gasteiger partial charge in [0.2, 0.25) is 0 Å². The second-order valence-electron chi connectivity index (χ2n) is 4.71. The number of hydrogen-bond acceptors (Lipinski definition) is 4. The van der Waals surface area contributed by atoms with Crippen LogP contribution in [0.1, 0.15) is 17.5 Å². The van der Waals surface area contributed by atoms with Crippen LogP contribution in [0.2, 0.25) is 0 Å². The van der Waals surface area contributed by atoms with Crippen molar-refractivity contribution in [3.8, 4) is 5.75 Å². The van der Waals surface area contributed by atoms with E-state index in [-0.39, 0.29) is 0 Å². The normalized spacial score (nSPS) is 24.1. The molecule has 0 aromatic heterocycles. The van der Waals surface area contributed by atoms with Gasteiger partial charge in [-0.2, -0.15) is 11.8 Å². The van der Waals surface area contributed by atoms with Gasteiger partial charge in [0.1, 0.15) is 5.75 Å². The Morgan fingerprint density at radius 1 is 1.47 bits per heavy atom. The third kappa shape index (κ3) is 3.15. The molecule has 3 nitrogen and oxygen atoms in total. The number of hydrogen-bond donors (Lipinski definition) is 3. The van der Waals surface area contributed by atoms with Crippen LogP contribution >= 0.6 is 11.8 Å². The molecule has 0 aliphatic carbocycles. The van der Waals surface area contributed by atoms with Crippen LogP contribution < -0.4 is 5.32 Å². The summed E-state index contributed by atoms with van der Waals surface area (Å²) in [7, 11) is 0. The van der Waals surface area contributed by atoms with Gasteiger partial charge in [-0.1, -0.05) is 18.2 Å². The molecular formula is C13H19NO2S. The highest BCUT2D eigenvalue weighted by molar-refractivity contribution is 7.99. The lowest BCUT2D eigenvalue weighted by atomic mass is 10.0. The molecule has 3 N–H and O–H groups in total. The quantitative estimate of drug-likeness (QED) is 0.764. The standard InChI is InChI=1S/C13H19NO2S/c1-10-3-2-4-11(12(10)15)7-14-8-13(16)5-6-17-9-13/h2-4,14-16H,5-9H2,1H3. The van der Waals surface area contributed by atoms with E-state index < -0.39 is 5.60 Å². The molecule has 0 saturated carbocycles. The zero-order valence-electron chi connectivity index (χ0n) is 10.1. The number of thioether (sulfide) groups is 1. The van der Waals surface area contributed by atoms with Gasteiger partial charge < -0.3 is 15.5 Å². The summed E-state index contributed by atoms with van der Waals surface area (Å²) >= 11 is 1.79. The molecule has 1 fully saturated rings. The van der Waals surface area contributed by atoms with Gasteiger partial charge in [-0.3, -0.25) is 0 Å². The van der Waals surface area contributed by atoms with E-state index in [2.05, 4.69) is 5.32 Å². The van der Waals surface area contributed by atoms with E-state index in [0.717, 1.165) is 29.1 Å². The van der Waals surface area contributed by atoms with Crippen LogP contribution in [0, 0.1) is 6.92 Å². The number of para-hydroxylation sites is 1. The number of aromatic hydroxyl groups is 1. The minimum atomic E-state index is -0.565. The highest BCUT2D eigenvalue weighted by Crippen LogP contribution is 2.27. The van der Waals surface area contributed by atoms with Crippen LogP contribution in [0.3, 0.4) is 0 Å². The van der Waals surface area contributed by atoms with Gasteiger partial charge in [0.15, 0.2) is 0 Å². The molecule has 1 aliphatic heterocycles. The topological polar surface area (TPSA) is 52.5 Å². The summed E-state index contributed by atoms with van der Waals surface area (Å²) in [5.74, 6) is 2.20. The first kappa shape index (κ1) is 12.7. The maximum atomic E-state index is 10.1. The number of rotatable bonds is 4. The van der Waals surface area contributed by atoms with Crippen molar-refractivity contribution in [2.45, 2.75) is 25.5 Å². The lowest BCUT2D eigenvalue weighted by Gasteiger charge is -2.21. The lowest BCUT2D eigenvalue weighted by Crippen LogP contribution is -2.40. The summed E-state index contributed by atoms with van der Waals surface area (Å²) in [6.07, 6.45) is 0.852. The Labute approximate surface area is 106 Å². The number of phenolic OH excluding ortho intramolecular Hbond substituents is 1. The van der Waals surface area contributed by atoms with E-state index in [1.807, 2.05) is 25.1 Å². The van der Waals surface area contributed by atoms with Crippen molar-refractivity contribution in [3.63, 3.8) is 0 Å². The van der Waals surface area contributed by atoms with Crippen molar-refractivity contribution in [3.05, 3.63) is 29.3 Å². The van der Waals surface area contributed by atoms with Crippen molar-refractivity contribution in [1.82, 2.24) is 5.32 Å². The Balaban J connectivity index is 1.88. The molecule has 17 heavy (non-hydrogen) atoms. The third-order valence-corrected chi connectivity index (χ3v) is 4.41. The number of benzene rings is 1. The Morgan fingerprint density at radius 3 is 3.00 bits per heavy atom. The monoisotopic (exact) mass is 253 g/mol. The fourth-order valence-corrected chi connectivity index (χ4v) is 3.32. The second-order valence-corrected chi connectivity index (χ2v) is 5.82. The van der Waals surface area contributed by atoms with E-state index in [9.17, 15) is 10.2 Å². The molecule has 1 aromatic carbocycles. The predicted octanol–water partition coefficient (Wildman–Crippen LogP) is 1.66. The van der Waals surface area contributed by atoms with Gasteiger partial charge in [-0.05, 0) is 24.7 Å². The minimum Gasteiger partial charge on any atom is -0.507 e. The van der Waals surface area contributed by atoms with E-state index in [1.165, 1.54) is 0 Å². The predicted molar refractivity (Wildman–Crippen MR) is 71.4 cm³/mol. The van der Waals surface area contributed by atoms with E-state index in [0.29, 0.717) is 18.8 Å². The number of phenols is 1. The molecule has 4 heteroatoms. The van der Waals surface area contributed by atoms with Gasteiger partial charge in [0.05, 0.1) is 5.60 Å². The van der Waals surface area contributed by atoms with Gasteiger partial charge in [0.25, 0.3) is 0 Å². The Hall–Kier alpha value is -0.710. The number of aliphatic hydroxyl groups is 1. The Kier molecular flexibility index (Phi) is 3.97. The summed E-state index contributed by atoms with van der Waals surface area (Å²) in [5.41, 5.74) is 1.21. The lowest BCUT2D eigenvalue weighted by molar-refractivity contribution is 0.0674. The SMILES string of the molecule is Cc1cccc(CNCC2(O)CCSC2)c1O. The van der Waals surface area contributed by atoms with Crippen molar-refractivity contribution in [2.75, 3.05) is 18.1 Å².